The molecule has 0 fully saturated rings. The van der Waals surface area contributed by atoms with Crippen molar-refractivity contribution in [2.24, 2.45) is 5.73 Å². The Hall–Kier alpha value is -2.94. The summed E-state index contributed by atoms with van der Waals surface area (Å²) in [6, 6.07) is 8.33. The number of carbonyl (C=O) groups is 2. The minimum absolute atomic E-state index is 0.0380. The van der Waals surface area contributed by atoms with Crippen LogP contribution in [0.5, 0.6) is 0 Å². The number of esters is 1. The van der Waals surface area contributed by atoms with E-state index >= 15 is 0 Å². The lowest BCUT2D eigenvalue weighted by Crippen LogP contribution is -2.36. The second-order valence-electron chi connectivity index (χ2n) is 6.40. The fourth-order valence-electron chi connectivity index (χ4n) is 2.99. The van der Waals surface area contributed by atoms with Crippen molar-refractivity contribution >= 4 is 21.7 Å². The minimum atomic E-state index is -3.64. The number of primary amides is 1. The summed E-state index contributed by atoms with van der Waals surface area (Å²) in [6.45, 7) is 0.285. The van der Waals surface area contributed by atoms with Crippen LogP contribution in [-0.2, 0) is 32.5 Å². The Morgan fingerprint density at radius 1 is 1.22 bits per heavy atom. The summed E-state index contributed by atoms with van der Waals surface area (Å²) in [5, 5.41) is -1.34. The first-order chi connectivity index (χ1) is 12.7. The number of fused-ring (bicyclic) bond motifs is 1. The molecule has 1 aliphatic rings. The van der Waals surface area contributed by atoms with E-state index in [0.717, 1.165) is 11.8 Å². The Kier molecular flexibility index (Phi) is 4.88. The second-order valence-corrected chi connectivity index (χ2v) is 8.63. The summed E-state index contributed by atoms with van der Waals surface area (Å²) in [5.74, 6) is -1.33. The predicted octanol–water partition coefficient (Wildman–Crippen LogP) is 0.474. The normalized spacial score (nSPS) is 14.5. The molecule has 0 saturated carbocycles. The van der Waals surface area contributed by atoms with Crippen molar-refractivity contribution < 1.29 is 22.7 Å². The SMILES string of the molecule is CS(=O)(=O)C(CCn1ccc(-c2ccc3c(c2)C(=O)OC3)cc1=O)C(N)=O. The third-order valence-electron chi connectivity index (χ3n) is 4.48. The number of sulfone groups is 1. The molecule has 2 aromatic rings. The van der Waals surface area contributed by atoms with Crippen LogP contribution in [0.2, 0.25) is 0 Å². The van der Waals surface area contributed by atoms with Gasteiger partial charge >= 0.3 is 5.97 Å². The van der Waals surface area contributed by atoms with Crippen LogP contribution < -0.4 is 11.3 Å². The van der Waals surface area contributed by atoms with Gasteiger partial charge in [0.05, 0.1) is 5.56 Å². The zero-order valence-electron chi connectivity index (χ0n) is 14.5. The first kappa shape index (κ1) is 18.8. The first-order valence-electron chi connectivity index (χ1n) is 8.16. The van der Waals surface area contributed by atoms with Crippen LogP contribution in [0.4, 0.5) is 0 Å². The monoisotopic (exact) mass is 390 g/mol. The maximum absolute atomic E-state index is 12.3. The lowest BCUT2D eigenvalue weighted by molar-refractivity contribution is -0.117. The summed E-state index contributed by atoms with van der Waals surface area (Å²) in [7, 11) is -3.64. The van der Waals surface area contributed by atoms with Crippen LogP contribution in [0.1, 0.15) is 22.3 Å². The number of benzene rings is 1. The Balaban J connectivity index is 1.83. The number of amides is 1. The maximum atomic E-state index is 12.3. The highest BCUT2D eigenvalue weighted by atomic mass is 32.2. The van der Waals surface area contributed by atoms with Crippen molar-refractivity contribution in [2.45, 2.75) is 24.8 Å². The van der Waals surface area contributed by atoms with Crippen molar-refractivity contribution in [1.82, 2.24) is 4.57 Å². The molecule has 0 spiro atoms. The number of rotatable bonds is 6. The van der Waals surface area contributed by atoms with E-state index in [9.17, 15) is 22.8 Å². The fraction of sp³-hybridized carbons (Fsp3) is 0.278. The summed E-state index contributed by atoms with van der Waals surface area (Å²) >= 11 is 0. The zero-order chi connectivity index (χ0) is 19.8. The molecule has 2 heterocycles. The van der Waals surface area contributed by atoms with Gasteiger partial charge in [0.2, 0.25) is 5.91 Å². The number of nitrogens with two attached hydrogens (primary N) is 1. The Morgan fingerprint density at radius 2 is 1.93 bits per heavy atom. The van der Waals surface area contributed by atoms with Gasteiger partial charge in [0.1, 0.15) is 11.9 Å². The van der Waals surface area contributed by atoms with Gasteiger partial charge in [-0.15, -0.1) is 0 Å². The molecule has 0 saturated heterocycles. The standard InChI is InChI=1S/C18H18N2O6S/c1-27(24,25)15(17(19)22)5-7-20-6-4-12(9-16(20)21)11-2-3-13-10-26-18(23)14(13)8-11/h2-4,6,8-9,15H,5,7,10H2,1H3,(H2,19,22). The van der Waals surface area contributed by atoms with Gasteiger partial charge in [-0.05, 0) is 29.7 Å². The predicted molar refractivity (Wildman–Crippen MR) is 97.7 cm³/mol. The number of hydrogen-bond donors (Lipinski definition) is 1. The molecular weight excluding hydrogens is 372 g/mol. The number of hydrogen-bond acceptors (Lipinski definition) is 6. The van der Waals surface area contributed by atoms with E-state index in [0.29, 0.717) is 16.7 Å². The molecule has 8 nitrogen and oxygen atoms in total. The number of pyridine rings is 1. The molecular formula is C18H18N2O6S. The highest BCUT2D eigenvalue weighted by molar-refractivity contribution is 7.92. The van der Waals surface area contributed by atoms with Crippen LogP contribution in [0.15, 0.2) is 41.3 Å². The van der Waals surface area contributed by atoms with Gasteiger partial charge in [0.15, 0.2) is 9.84 Å². The molecule has 142 valence electrons. The third-order valence-corrected chi connectivity index (χ3v) is 5.99. The van der Waals surface area contributed by atoms with E-state index in [1.165, 1.54) is 16.8 Å². The molecule has 1 amide bonds. The highest BCUT2D eigenvalue weighted by Gasteiger charge is 2.26. The highest BCUT2D eigenvalue weighted by Crippen LogP contribution is 2.26. The quantitative estimate of drug-likeness (QED) is 0.715. The second kappa shape index (κ2) is 6.99. The maximum Gasteiger partial charge on any atom is 0.338 e. The van der Waals surface area contributed by atoms with Gasteiger partial charge in [-0.3, -0.25) is 9.59 Å². The topological polar surface area (TPSA) is 126 Å². The average molecular weight is 390 g/mol. The summed E-state index contributed by atoms with van der Waals surface area (Å²) in [4.78, 5) is 35.4. The third kappa shape index (κ3) is 3.92. The van der Waals surface area contributed by atoms with Crippen molar-refractivity contribution in [1.29, 1.82) is 0 Å². The van der Waals surface area contributed by atoms with Crippen molar-refractivity contribution in [3.05, 3.63) is 58.0 Å². The molecule has 0 radical (unpaired) electrons. The van der Waals surface area contributed by atoms with E-state index in [-0.39, 0.29) is 25.1 Å². The molecule has 1 atom stereocenters. The Bertz CT molecular complexity index is 1090. The van der Waals surface area contributed by atoms with Crippen LogP contribution in [0, 0.1) is 0 Å². The summed E-state index contributed by atoms with van der Waals surface area (Å²) < 4.78 is 29.5. The molecule has 9 heteroatoms. The average Bonchev–Trinajstić information content (AvgIpc) is 2.95. The summed E-state index contributed by atoms with van der Waals surface area (Å²) in [6.07, 6.45) is 2.37. The number of aromatic nitrogens is 1. The zero-order valence-corrected chi connectivity index (χ0v) is 15.4. The Morgan fingerprint density at radius 3 is 2.56 bits per heavy atom. The molecule has 0 bridgehead atoms. The number of cyclic esters (lactones) is 1. The number of carbonyl (C=O) groups excluding carboxylic acids is 2. The first-order valence-corrected chi connectivity index (χ1v) is 10.1. The molecule has 1 aromatic heterocycles. The number of nitrogens with zero attached hydrogens (tertiary/aromatic N) is 1. The van der Waals surface area contributed by atoms with Crippen molar-refractivity contribution in [3.63, 3.8) is 0 Å². The van der Waals surface area contributed by atoms with E-state index in [4.69, 9.17) is 10.5 Å². The smallest absolute Gasteiger partial charge is 0.338 e. The minimum Gasteiger partial charge on any atom is -0.457 e. The molecule has 3 rings (SSSR count). The lowest BCUT2D eigenvalue weighted by atomic mass is 10.0. The molecule has 1 unspecified atom stereocenters. The van der Waals surface area contributed by atoms with Gasteiger partial charge in [0.25, 0.3) is 5.56 Å². The van der Waals surface area contributed by atoms with Crippen LogP contribution in [-0.4, -0.2) is 36.4 Å². The van der Waals surface area contributed by atoms with Crippen molar-refractivity contribution in [3.8, 4) is 11.1 Å². The van der Waals surface area contributed by atoms with Gasteiger partial charge in [-0.25, -0.2) is 13.2 Å². The van der Waals surface area contributed by atoms with Gasteiger partial charge in [-0.1, -0.05) is 12.1 Å². The van der Waals surface area contributed by atoms with E-state index in [1.54, 1.807) is 24.3 Å². The Labute approximate surface area is 155 Å². The van der Waals surface area contributed by atoms with Crippen LogP contribution in [0.3, 0.4) is 0 Å². The molecule has 2 N–H and O–H groups in total. The van der Waals surface area contributed by atoms with Gasteiger partial charge < -0.3 is 15.0 Å². The van der Waals surface area contributed by atoms with Crippen LogP contribution in [0.25, 0.3) is 11.1 Å². The summed E-state index contributed by atoms with van der Waals surface area (Å²) in [5.41, 5.74) is 7.38. The molecule has 1 aliphatic heterocycles. The molecule has 1 aromatic carbocycles. The van der Waals surface area contributed by atoms with E-state index in [1.807, 2.05) is 0 Å². The number of aryl methyl sites for hydroxylation is 1. The molecule has 0 aliphatic carbocycles. The largest absolute Gasteiger partial charge is 0.457 e. The lowest BCUT2D eigenvalue weighted by Gasteiger charge is -2.13. The van der Waals surface area contributed by atoms with E-state index in [2.05, 4.69) is 0 Å². The number of ether oxygens (including phenoxy) is 1. The van der Waals surface area contributed by atoms with Gasteiger partial charge in [0, 0.05) is 30.6 Å². The van der Waals surface area contributed by atoms with Crippen molar-refractivity contribution in [2.75, 3.05) is 6.26 Å². The molecule has 27 heavy (non-hydrogen) atoms. The van der Waals surface area contributed by atoms with E-state index < -0.39 is 27.0 Å². The fourth-order valence-corrected chi connectivity index (χ4v) is 3.94. The van der Waals surface area contributed by atoms with Gasteiger partial charge in [-0.2, -0.15) is 0 Å². The van der Waals surface area contributed by atoms with Crippen LogP contribution >= 0.6 is 0 Å².